The number of benzene rings is 1. The monoisotopic (exact) mass is 436 g/mol. The molecule has 1 aromatic carbocycles. The Labute approximate surface area is 180 Å². The molecule has 8 nitrogen and oxygen atoms in total. The molecule has 1 aliphatic carbocycles. The number of nitrogens with zero attached hydrogens (tertiary/aromatic N) is 2. The maximum Gasteiger partial charge on any atom is 0.307 e. The maximum absolute atomic E-state index is 13.6. The van der Waals surface area contributed by atoms with E-state index in [1.807, 2.05) is 0 Å². The number of hydrogen-bond acceptors (Lipinski definition) is 7. The molecule has 1 aromatic rings. The van der Waals surface area contributed by atoms with E-state index in [4.69, 9.17) is 30.7 Å². The molecule has 0 N–H and O–H groups in total. The highest BCUT2D eigenvalue weighted by Crippen LogP contribution is 2.49. The molecule has 0 radical (unpaired) electrons. The van der Waals surface area contributed by atoms with Crippen LogP contribution < -0.4 is 0 Å². The van der Waals surface area contributed by atoms with Crippen LogP contribution in [0.3, 0.4) is 0 Å². The summed E-state index contributed by atoms with van der Waals surface area (Å²) in [4.78, 5) is 36.4. The zero-order valence-corrected chi connectivity index (χ0v) is 18.2. The highest BCUT2D eigenvalue weighted by Gasteiger charge is 2.57. The van der Waals surface area contributed by atoms with Crippen LogP contribution in [0.5, 0.6) is 0 Å². The fraction of sp³-hybridized carbons (Fsp3) is 0.476. The topological polar surface area (TPSA) is 86.7 Å². The Balaban J connectivity index is 2.16. The summed E-state index contributed by atoms with van der Waals surface area (Å²) in [5.41, 5.74) is 0.568. The average Bonchev–Trinajstić information content (AvgIpc) is 2.92. The van der Waals surface area contributed by atoms with E-state index in [2.05, 4.69) is 5.16 Å². The number of halogens is 1. The molecule has 3 rings (SSSR count). The van der Waals surface area contributed by atoms with Crippen molar-refractivity contribution < 1.29 is 28.7 Å². The lowest BCUT2D eigenvalue weighted by Crippen LogP contribution is -2.52. The lowest BCUT2D eigenvalue weighted by atomic mass is 9.79. The largest absolute Gasteiger partial charge is 0.428 e. The molecule has 1 fully saturated rings. The Morgan fingerprint density at radius 2 is 1.90 bits per heavy atom. The van der Waals surface area contributed by atoms with Crippen LogP contribution in [-0.2, 0) is 28.7 Å². The molecule has 2 aliphatic rings. The van der Waals surface area contributed by atoms with E-state index in [0.717, 1.165) is 5.71 Å². The summed E-state index contributed by atoms with van der Waals surface area (Å²) in [6.07, 6.45) is 1.28. The van der Waals surface area contributed by atoms with Crippen molar-refractivity contribution in [3.63, 3.8) is 0 Å². The zero-order valence-electron chi connectivity index (χ0n) is 17.4. The second kappa shape index (κ2) is 9.16. The number of oxime groups is 1. The molecule has 1 amide bonds. The minimum absolute atomic E-state index is 0.214. The molecule has 1 atom stereocenters. The third kappa shape index (κ3) is 4.08. The van der Waals surface area contributed by atoms with Crippen molar-refractivity contribution in [1.29, 1.82) is 0 Å². The summed E-state index contributed by atoms with van der Waals surface area (Å²) in [6.45, 7) is 2.98. The summed E-state index contributed by atoms with van der Waals surface area (Å²) in [5.74, 6) is -0.719. The van der Waals surface area contributed by atoms with Gasteiger partial charge in [0.1, 0.15) is 18.4 Å². The molecular formula is C21H25ClN2O6. The van der Waals surface area contributed by atoms with Gasteiger partial charge in [0.15, 0.2) is 6.29 Å². The molecule has 1 unspecified atom stereocenters. The lowest BCUT2D eigenvalue weighted by Gasteiger charge is -2.41. The molecular weight excluding hydrogens is 412 g/mol. The third-order valence-corrected chi connectivity index (χ3v) is 5.62. The summed E-state index contributed by atoms with van der Waals surface area (Å²) in [7, 11) is 2.98. The van der Waals surface area contributed by atoms with Crippen LogP contribution in [0.1, 0.15) is 45.1 Å². The van der Waals surface area contributed by atoms with Gasteiger partial charge in [0.2, 0.25) is 0 Å². The Morgan fingerprint density at radius 3 is 2.47 bits per heavy atom. The fourth-order valence-corrected chi connectivity index (χ4v) is 4.08. The van der Waals surface area contributed by atoms with Gasteiger partial charge in [0, 0.05) is 24.6 Å². The highest BCUT2D eigenvalue weighted by molar-refractivity contribution is 6.35. The molecule has 0 aromatic heterocycles. The first kappa shape index (κ1) is 22.3. The SMILES string of the molecule is CON=C1CCC2(CC1)C(OC(C)=O)=C(c1ccccc1Cl)C(=O)N2OC(C)OC. The second-order valence-electron chi connectivity index (χ2n) is 7.16. The number of hydroxylamine groups is 2. The number of rotatable bonds is 6. The highest BCUT2D eigenvalue weighted by atomic mass is 35.5. The fourth-order valence-electron chi connectivity index (χ4n) is 3.85. The summed E-state index contributed by atoms with van der Waals surface area (Å²) < 4.78 is 10.9. The van der Waals surface area contributed by atoms with Crippen molar-refractivity contribution in [2.24, 2.45) is 5.16 Å². The van der Waals surface area contributed by atoms with Gasteiger partial charge in [0.25, 0.3) is 5.91 Å². The number of ether oxygens (including phenoxy) is 2. The van der Waals surface area contributed by atoms with Crippen molar-refractivity contribution in [1.82, 2.24) is 5.06 Å². The lowest BCUT2D eigenvalue weighted by molar-refractivity contribution is -0.283. The number of carbonyl (C=O) groups excluding carboxylic acids is 2. The van der Waals surface area contributed by atoms with Gasteiger partial charge < -0.3 is 14.3 Å². The third-order valence-electron chi connectivity index (χ3n) is 5.29. The number of amides is 1. The van der Waals surface area contributed by atoms with Crippen molar-refractivity contribution >= 4 is 34.8 Å². The number of hydrogen-bond donors (Lipinski definition) is 0. The van der Waals surface area contributed by atoms with Crippen molar-refractivity contribution in [3.05, 3.63) is 40.6 Å². The number of carbonyl (C=O) groups is 2. The minimum atomic E-state index is -0.989. The first-order valence-corrected chi connectivity index (χ1v) is 10.0. The van der Waals surface area contributed by atoms with Crippen LogP contribution in [-0.4, -0.2) is 48.7 Å². The van der Waals surface area contributed by atoms with Crippen LogP contribution in [0.15, 0.2) is 35.2 Å². The van der Waals surface area contributed by atoms with E-state index in [1.165, 1.54) is 26.2 Å². The summed E-state index contributed by atoms with van der Waals surface area (Å²) in [5, 5.41) is 5.69. The quantitative estimate of drug-likeness (QED) is 0.384. The van der Waals surface area contributed by atoms with Gasteiger partial charge in [0.05, 0.1) is 11.3 Å². The van der Waals surface area contributed by atoms with Gasteiger partial charge >= 0.3 is 5.97 Å². The Morgan fingerprint density at radius 1 is 1.23 bits per heavy atom. The molecule has 9 heteroatoms. The van der Waals surface area contributed by atoms with Crippen molar-refractivity contribution in [2.75, 3.05) is 14.2 Å². The number of methoxy groups -OCH3 is 1. The molecule has 1 saturated carbocycles. The van der Waals surface area contributed by atoms with E-state index >= 15 is 0 Å². The standard InChI is InChI=1S/C21H25ClN2O6/c1-13(25)29-19-18(16-7-5-6-8-17(16)22)20(26)24(30-14(2)27-3)21(19)11-9-15(10-12-21)23-28-4/h5-8,14H,9-12H2,1-4H3. The normalized spacial score (nSPS) is 22.5. The van der Waals surface area contributed by atoms with Crippen LogP contribution in [0.4, 0.5) is 0 Å². The second-order valence-corrected chi connectivity index (χ2v) is 7.56. The minimum Gasteiger partial charge on any atom is -0.428 e. The van der Waals surface area contributed by atoms with Crippen LogP contribution >= 0.6 is 11.6 Å². The average molecular weight is 437 g/mol. The Bertz CT molecular complexity index is 887. The summed E-state index contributed by atoms with van der Waals surface area (Å²) >= 11 is 6.40. The molecule has 162 valence electrons. The molecule has 1 aliphatic heterocycles. The van der Waals surface area contributed by atoms with Crippen LogP contribution in [0, 0.1) is 0 Å². The maximum atomic E-state index is 13.6. The van der Waals surface area contributed by atoms with Crippen molar-refractivity contribution in [3.8, 4) is 0 Å². The van der Waals surface area contributed by atoms with Crippen LogP contribution in [0.2, 0.25) is 5.02 Å². The first-order valence-electron chi connectivity index (χ1n) is 9.65. The van der Waals surface area contributed by atoms with E-state index < -0.39 is 23.7 Å². The number of esters is 1. The van der Waals surface area contributed by atoms with E-state index in [9.17, 15) is 9.59 Å². The smallest absolute Gasteiger partial charge is 0.307 e. The zero-order chi connectivity index (χ0) is 21.9. The molecule has 30 heavy (non-hydrogen) atoms. The molecule has 0 bridgehead atoms. The van der Waals surface area contributed by atoms with E-state index in [-0.39, 0.29) is 11.3 Å². The Kier molecular flexibility index (Phi) is 6.80. The van der Waals surface area contributed by atoms with Crippen molar-refractivity contribution in [2.45, 2.75) is 51.4 Å². The van der Waals surface area contributed by atoms with Gasteiger partial charge in [-0.1, -0.05) is 35.0 Å². The Hall–Kier alpha value is -2.42. The predicted octanol–water partition coefficient (Wildman–Crippen LogP) is 3.70. The van der Waals surface area contributed by atoms with Crippen LogP contribution in [0.25, 0.3) is 5.57 Å². The van der Waals surface area contributed by atoms with Gasteiger partial charge in [-0.2, -0.15) is 0 Å². The summed E-state index contributed by atoms with van der Waals surface area (Å²) in [6, 6.07) is 6.94. The van der Waals surface area contributed by atoms with Gasteiger partial charge in [-0.3, -0.25) is 9.59 Å². The molecule has 0 saturated heterocycles. The van der Waals surface area contributed by atoms with E-state index in [0.29, 0.717) is 36.3 Å². The van der Waals surface area contributed by atoms with Gasteiger partial charge in [-0.25, -0.2) is 9.90 Å². The molecule has 1 spiro atoms. The molecule has 1 heterocycles. The predicted molar refractivity (Wildman–Crippen MR) is 110 cm³/mol. The van der Waals surface area contributed by atoms with Gasteiger partial charge in [-0.05, 0) is 38.7 Å². The van der Waals surface area contributed by atoms with E-state index in [1.54, 1.807) is 31.2 Å². The first-order chi connectivity index (χ1) is 14.3. The van der Waals surface area contributed by atoms with Gasteiger partial charge in [-0.15, -0.1) is 0 Å².